The SMILES string of the molecule is CC(=O)NC[C@H]1CN(c2ccc(-n3cnc(C(S)c4nccn4C)c3)c(F)c2)C(=O)O1. The first-order chi connectivity index (χ1) is 14.8. The van der Waals surface area contributed by atoms with E-state index in [1.165, 1.54) is 24.2 Å². The van der Waals surface area contributed by atoms with Crippen molar-refractivity contribution < 1.29 is 18.7 Å². The van der Waals surface area contributed by atoms with Gasteiger partial charge in [-0.15, -0.1) is 0 Å². The van der Waals surface area contributed by atoms with E-state index in [9.17, 15) is 14.0 Å². The fourth-order valence-electron chi connectivity index (χ4n) is 3.35. The molecule has 0 saturated carbocycles. The third-order valence-corrected chi connectivity index (χ3v) is 5.46. The van der Waals surface area contributed by atoms with E-state index in [1.54, 1.807) is 29.1 Å². The minimum atomic E-state index is -0.583. The summed E-state index contributed by atoms with van der Waals surface area (Å²) in [6, 6.07) is 4.48. The molecule has 1 unspecified atom stereocenters. The molecule has 162 valence electrons. The molecule has 3 heterocycles. The lowest BCUT2D eigenvalue weighted by Crippen LogP contribution is -2.33. The Labute approximate surface area is 183 Å². The lowest BCUT2D eigenvalue weighted by atomic mass is 10.2. The van der Waals surface area contributed by atoms with Crippen LogP contribution in [0.3, 0.4) is 0 Å². The van der Waals surface area contributed by atoms with Gasteiger partial charge in [-0.25, -0.2) is 19.2 Å². The molecular weight excluding hydrogens is 423 g/mol. The Morgan fingerprint density at radius 3 is 2.90 bits per heavy atom. The number of imidazole rings is 2. The minimum absolute atomic E-state index is 0.205. The highest BCUT2D eigenvalue weighted by Gasteiger charge is 2.32. The van der Waals surface area contributed by atoms with E-state index in [2.05, 4.69) is 27.9 Å². The van der Waals surface area contributed by atoms with Crippen LogP contribution in [0.2, 0.25) is 0 Å². The zero-order valence-electron chi connectivity index (χ0n) is 16.9. The van der Waals surface area contributed by atoms with E-state index >= 15 is 0 Å². The number of hydrogen-bond donors (Lipinski definition) is 2. The van der Waals surface area contributed by atoms with Crippen molar-refractivity contribution in [1.82, 2.24) is 24.4 Å². The summed E-state index contributed by atoms with van der Waals surface area (Å²) in [4.78, 5) is 33.1. The van der Waals surface area contributed by atoms with E-state index in [1.807, 2.05) is 17.8 Å². The number of carbonyl (C=O) groups excluding carboxylic acids is 2. The average Bonchev–Trinajstić information content (AvgIpc) is 3.46. The highest BCUT2D eigenvalue weighted by Crippen LogP contribution is 2.28. The number of anilines is 1. The zero-order valence-corrected chi connectivity index (χ0v) is 17.8. The predicted octanol–water partition coefficient (Wildman–Crippen LogP) is 2.23. The molecule has 2 aromatic heterocycles. The lowest BCUT2D eigenvalue weighted by Gasteiger charge is -2.14. The number of carbonyl (C=O) groups is 2. The van der Waals surface area contributed by atoms with Crippen LogP contribution < -0.4 is 10.2 Å². The number of cyclic esters (lactones) is 1. The summed E-state index contributed by atoms with van der Waals surface area (Å²) < 4.78 is 23.5. The smallest absolute Gasteiger partial charge is 0.414 e. The number of hydrogen-bond acceptors (Lipinski definition) is 6. The number of benzene rings is 1. The largest absolute Gasteiger partial charge is 0.442 e. The van der Waals surface area contributed by atoms with Crippen LogP contribution in [-0.4, -0.2) is 50.3 Å². The van der Waals surface area contributed by atoms with Crippen molar-refractivity contribution in [3.05, 3.63) is 60.5 Å². The van der Waals surface area contributed by atoms with Crippen molar-refractivity contribution in [3.63, 3.8) is 0 Å². The molecule has 9 nitrogen and oxygen atoms in total. The summed E-state index contributed by atoms with van der Waals surface area (Å²) in [7, 11) is 1.87. The van der Waals surface area contributed by atoms with Crippen molar-refractivity contribution in [2.75, 3.05) is 18.0 Å². The molecule has 0 spiro atoms. The molecule has 1 aromatic carbocycles. The Morgan fingerprint density at radius 2 is 2.23 bits per heavy atom. The summed E-state index contributed by atoms with van der Waals surface area (Å²) in [5, 5.41) is 2.25. The molecule has 2 atom stereocenters. The standard InChI is InChI=1S/C20H21FN6O3S/c1-12(28)23-8-14-9-27(20(29)30-14)13-3-4-17(15(21)7-13)26-10-16(24-11-26)18(31)19-22-5-6-25(19)2/h3-7,10-11,14,18,31H,8-9H2,1-2H3,(H,23,28)/t14-,18?/m0/s1. The Hall–Kier alpha value is -3.34. The van der Waals surface area contributed by atoms with Gasteiger partial charge >= 0.3 is 6.09 Å². The summed E-state index contributed by atoms with van der Waals surface area (Å²) in [5.74, 6) is -0.00556. The molecule has 1 N–H and O–H groups in total. The Balaban J connectivity index is 1.51. The molecule has 1 saturated heterocycles. The van der Waals surface area contributed by atoms with Gasteiger partial charge in [0.05, 0.1) is 36.5 Å². The van der Waals surface area contributed by atoms with Gasteiger partial charge in [0.2, 0.25) is 5.91 Å². The van der Waals surface area contributed by atoms with E-state index in [-0.39, 0.29) is 29.9 Å². The first-order valence-corrected chi connectivity index (χ1v) is 10.1. The van der Waals surface area contributed by atoms with E-state index in [0.717, 1.165) is 5.82 Å². The van der Waals surface area contributed by atoms with Gasteiger partial charge in [-0.05, 0) is 18.2 Å². The first kappa shape index (κ1) is 20.9. The van der Waals surface area contributed by atoms with Gasteiger partial charge in [-0.2, -0.15) is 12.6 Å². The predicted molar refractivity (Wildman–Crippen MR) is 114 cm³/mol. The quantitative estimate of drug-likeness (QED) is 0.569. The van der Waals surface area contributed by atoms with Crippen LogP contribution in [0.25, 0.3) is 5.69 Å². The van der Waals surface area contributed by atoms with Crippen LogP contribution >= 0.6 is 12.6 Å². The number of rotatable bonds is 6. The molecule has 11 heteroatoms. The lowest BCUT2D eigenvalue weighted by molar-refractivity contribution is -0.119. The van der Waals surface area contributed by atoms with E-state index in [4.69, 9.17) is 4.74 Å². The third kappa shape index (κ3) is 4.26. The number of halogens is 1. The van der Waals surface area contributed by atoms with Crippen LogP contribution in [0, 0.1) is 5.82 Å². The molecule has 1 fully saturated rings. The highest BCUT2D eigenvalue weighted by molar-refractivity contribution is 7.80. The van der Waals surface area contributed by atoms with Gasteiger partial charge in [0, 0.05) is 32.6 Å². The van der Waals surface area contributed by atoms with Gasteiger partial charge in [-0.3, -0.25) is 9.69 Å². The maximum absolute atomic E-state index is 14.9. The first-order valence-electron chi connectivity index (χ1n) is 9.55. The second-order valence-electron chi connectivity index (χ2n) is 7.19. The van der Waals surface area contributed by atoms with Crippen LogP contribution in [0.4, 0.5) is 14.9 Å². The highest BCUT2D eigenvalue weighted by atomic mass is 32.1. The molecule has 2 amide bonds. The van der Waals surface area contributed by atoms with Crippen molar-refractivity contribution in [2.24, 2.45) is 7.05 Å². The van der Waals surface area contributed by atoms with Crippen LogP contribution in [-0.2, 0) is 16.6 Å². The van der Waals surface area contributed by atoms with E-state index < -0.39 is 18.0 Å². The van der Waals surface area contributed by atoms with Gasteiger partial charge in [0.15, 0.2) is 0 Å². The van der Waals surface area contributed by atoms with Crippen molar-refractivity contribution in [2.45, 2.75) is 18.3 Å². The summed E-state index contributed by atoms with van der Waals surface area (Å²) in [6.07, 6.45) is 5.62. The van der Waals surface area contributed by atoms with Crippen molar-refractivity contribution in [3.8, 4) is 5.69 Å². The summed E-state index contributed by atoms with van der Waals surface area (Å²) in [6.45, 7) is 1.81. The molecule has 1 aliphatic heterocycles. The number of nitrogens with zero attached hydrogens (tertiary/aromatic N) is 5. The molecule has 0 aliphatic carbocycles. The molecule has 4 rings (SSSR count). The van der Waals surface area contributed by atoms with Crippen molar-refractivity contribution >= 4 is 30.3 Å². The maximum atomic E-state index is 14.9. The van der Waals surface area contributed by atoms with E-state index in [0.29, 0.717) is 11.4 Å². The Morgan fingerprint density at radius 1 is 1.42 bits per heavy atom. The number of aryl methyl sites for hydroxylation is 1. The molecule has 0 radical (unpaired) electrons. The normalized spacial score (nSPS) is 17.0. The molecule has 1 aliphatic rings. The monoisotopic (exact) mass is 444 g/mol. The maximum Gasteiger partial charge on any atom is 0.414 e. The summed E-state index contributed by atoms with van der Waals surface area (Å²) >= 11 is 4.58. The number of amides is 2. The summed E-state index contributed by atoms with van der Waals surface area (Å²) in [5.41, 5.74) is 1.28. The van der Waals surface area contributed by atoms with Gasteiger partial charge in [-0.1, -0.05) is 0 Å². The van der Waals surface area contributed by atoms with Crippen LogP contribution in [0.15, 0.2) is 43.1 Å². The minimum Gasteiger partial charge on any atom is -0.442 e. The molecule has 0 bridgehead atoms. The number of thiol groups is 1. The third-order valence-electron chi connectivity index (χ3n) is 4.96. The fraction of sp³-hybridized carbons (Fsp3) is 0.300. The topological polar surface area (TPSA) is 94.3 Å². The molecular formula is C20H21FN6O3S. The number of nitrogens with one attached hydrogen (secondary N) is 1. The number of ether oxygens (including phenoxy) is 1. The fourth-order valence-corrected chi connectivity index (χ4v) is 3.74. The zero-order chi connectivity index (χ0) is 22.1. The van der Waals surface area contributed by atoms with Gasteiger partial charge in [0.25, 0.3) is 0 Å². The second kappa shape index (κ2) is 8.42. The Kier molecular flexibility index (Phi) is 5.68. The van der Waals surface area contributed by atoms with Gasteiger partial charge in [0.1, 0.15) is 23.0 Å². The van der Waals surface area contributed by atoms with Gasteiger partial charge < -0.3 is 19.2 Å². The van der Waals surface area contributed by atoms with Crippen LogP contribution in [0.1, 0.15) is 23.7 Å². The average molecular weight is 444 g/mol. The Bertz CT molecular complexity index is 1130. The number of aromatic nitrogens is 4. The molecule has 31 heavy (non-hydrogen) atoms. The molecule has 3 aromatic rings. The van der Waals surface area contributed by atoms with Crippen molar-refractivity contribution in [1.29, 1.82) is 0 Å². The van der Waals surface area contributed by atoms with Crippen LogP contribution in [0.5, 0.6) is 0 Å². The second-order valence-corrected chi connectivity index (χ2v) is 7.71.